The second-order valence-electron chi connectivity index (χ2n) is 5.50. The number of alkyl halides is 3. The van der Waals surface area contributed by atoms with E-state index in [9.17, 15) is 23.1 Å². The van der Waals surface area contributed by atoms with Gasteiger partial charge in [-0.2, -0.15) is 13.2 Å². The summed E-state index contributed by atoms with van der Waals surface area (Å²) in [6.45, 7) is 0.581. The van der Waals surface area contributed by atoms with Gasteiger partial charge >= 0.3 is 6.18 Å². The first-order chi connectivity index (χ1) is 12.3. The number of aromatic hydroxyl groups is 1. The second-order valence-corrected chi connectivity index (χ2v) is 5.91. The molecule has 3 N–H and O–H groups in total. The molecule has 0 bridgehead atoms. The van der Waals surface area contributed by atoms with Crippen molar-refractivity contribution in [2.75, 3.05) is 18.4 Å². The third-order valence-corrected chi connectivity index (χ3v) is 3.75. The van der Waals surface area contributed by atoms with Crippen LogP contribution in [0.2, 0.25) is 5.02 Å². The molecule has 0 unspecified atom stereocenters. The molecule has 1 heterocycles. The average molecular weight is 388 g/mol. The number of phenols is 1. The fraction of sp³-hybridized carbons (Fsp3) is 0.294. The highest BCUT2D eigenvalue weighted by atomic mass is 35.5. The zero-order valence-corrected chi connectivity index (χ0v) is 14.4. The lowest BCUT2D eigenvalue weighted by Gasteiger charge is -2.11. The van der Waals surface area contributed by atoms with Gasteiger partial charge in [0.2, 0.25) is 5.91 Å². The van der Waals surface area contributed by atoms with Crippen LogP contribution in [0.15, 0.2) is 36.5 Å². The van der Waals surface area contributed by atoms with Gasteiger partial charge in [-0.25, -0.2) is 4.98 Å². The predicted molar refractivity (Wildman–Crippen MR) is 92.2 cm³/mol. The van der Waals surface area contributed by atoms with Crippen molar-refractivity contribution < 1.29 is 23.1 Å². The van der Waals surface area contributed by atoms with Crippen molar-refractivity contribution in [3.63, 3.8) is 0 Å². The predicted octanol–water partition coefficient (Wildman–Crippen LogP) is 3.62. The first-order valence-electron chi connectivity index (χ1n) is 7.77. The van der Waals surface area contributed by atoms with E-state index in [0.717, 1.165) is 11.6 Å². The molecule has 0 spiro atoms. The summed E-state index contributed by atoms with van der Waals surface area (Å²) in [5, 5.41) is 14.6. The van der Waals surface area contributed by atoms with Crippen LogP contribution in [0.25, 0.3) is 0 Å². The third kappa shape index (κ3) is 6.11. The van der Waals surface area contributed by atoms with Crippen molar-refractivity contribution in [1.29, 1.82) is 0 Å². The van der Waals surface area contributed by atoms with Crippen molar-refractivity contribution in [2.24, 2.45) is 0 Å². The Morgan fingerprint density at radius 3 is 2.65 bits per heavy atom. The number of hydrogen-bond acceptors (Lipinski definition) is 4. The van der Waals surface area contributed by atoms with Crippen LogP contribution in [0.4, 0.5) is 19.0 Å². The van der Waals surface area contributed by atoms with Gasteiger partial charge in [-0.1, -0.05) is 23.7 Å². The van der Waals surface area contributed by atoms with Crippen molar-refractivity contribution in [3.8, 4) is 5.75 Å². The molecule has 1 aromatic heterocycles. The number of benzene rings is 1. The van der Waals surface area contributed by atoms with E-state index in [0.29, 0.717) is 19.2 Å². The molecule has 9 heteroatoms. The van der Waals surface area contributed by atoms with Gasteiger partial charge in [0, 0.05) is 25.7 Å². The Labute approximate surface area is 153 Å². The highest BCUT2D eigenvalue weighted by molar-refractivity contribution is 6.32. The molecule has 0 aliphatic rings. The topological polar surface area (TPSA) is 74.2 Å². The van der Waals surface area contributed by atoms with E-state index in [4.69, 9.17) is 11.6 Å². The number of phenolic OH excluding ortho intramolecular Hbond substituents is 1. The number of carbonyl (C=O) groups excluding carboxylic acids is 1. The third-order valence-electron chi connectivity index (χ3n) is 3.46. The van der Waals surface area contributed by atoms with E-state index < -0.39 is 11.7 Å². The van der Waals surface area contributed by atoms with Gasteiger partial charge in [0.05, 0.1) is 10.6 Å². The lowest BCUT2D eigenvalue weighted by atomic mass is 10.1. The van der Waals surface area contributed by atoms with E-state index in [-0.39, 0.29) is 35.5 Å². The van der Waals surface area contributed by atoms with Crippen LogP contribution in [0.1, 0.15) is 17.5 Å². The largest absolute Gasteiger partial charge is 0.508 e. The van der Waals surface area contributed by atoms with E-state index in [1.807, 2.05) is 6.07 Å². The number of anilines is 1. The monoisotopic (exact) mass is 387 g/mol. The Hall–Kier alpha value is -2.48. The number of amides is 1. The van der Waals surface area contributed by atoms with Crippen LogP contribution >= 0.6 is 11.6 Å². The van der Waals surface area contributed by atoms with Gasteiger partial charge in [-0.05, 0) is 30.2 Å². The Kier molecular flexibility index (Phi) is 6.68. The maximum absolute atomic E-state index is 12.5. The zero-order chi connectivity index (χ0) is 19.2. The van der Waals surface area contributed by atoms with Gasteiger partial charge in [0.25, 0.3) is 0 Å². The summed E-state index contributed by atoms with van der Waals surface area (Å²) in [5.74, 6) is 0.0341. The van der Waals surface area contributed by atoms with E-state index in [1.165, 1.54) is 0 Å². The minimum atomic E-state index is -4.51. The Morgan fingerprint density at radius 1 is 1.23 bits per heavy atom. The first-order valence-corrected chi connectivity index (χ1v) is 8.15. The molecule has 26 heavy (non-hydrogen) atoms. The standard InChI is InChI=1S/C17H17ClF3N3O2/c18-14-9-12(17(19,20)21)10-24-16(14)23-7-5-15(26)22-6-4-11-2-1-3-13(25)8-11/h1-3,8-10,25H,4-7H2,(H,22,26)(H,23,24). The lowest BCUT2D eigenvalue weighted by molar-refractivity contribution is -0.137. The van der Waals surface area contributed by atoms with Crippen LogP contribution in [0.5, 0.6) is 5.75 Å². The highest BCUT2D eigenvalue weighted by Crippen LogP contribution is 2.32. The van der Waals surface area contributed by atoms with Crippen molar-refractivity contribution in [2.45, 2.75) is 19.0 Å². The number of nitrogens with one attached hydrogen (secondary N) is 2. The highest BCUT2D eigenvalue weighted by Gasteiger charge is 2.31. The fourth-order valence-corrected chi connectivity index (χ4v) is 2.40. The van der Waals surface area contributed by atoms with Crippen LogP contribution in [-0.2, 0) is 17.4 Å². The summed E-state index contributed by atoms with van der Waals surface area (Å²) in [5.41, 5.74) is -0.0399. The molecule has 0 aliphatic carbocycles. The van der Waals surface area contributed by atoms with Crippen molar-refractivity contribution in [3.05, 3.63) is 52.7 Å². The lowest BCUT2D eigenvalue weighted by Crippen LogP contribution is -2.27. The number of nitrogens with zero attached hydrogens (tertiary/aromatic N) is 1. The van der Waals surface area contributed by atoms with Gasteiger partial charge in [-0.3, -0.25) is 4.79 Å². The number of aromatic nitrogens is 1. The molecule has 0 saturated heterocycles. The smallest absolute Gasteiger partial charge is 0.417 e. The summed E-state index contributed by atoms with van der Waals surface area (Å²) >= 11 is 5.77. The van der Waals surface area contributed by atoms with Gasteiger partial charge in [0.15, 0.2) is 0 Å². The maximum atomic E-state index is 12.5. The molecule has 5 nitrogen and oxygen atoms in total. The van der Waals surface area contributed by atoms with E-state index in [1.54, 1.807) is 18.2 Å². The molecule has 0 radical (unpaired) electrons. The van der Waals surface area contributed by atoms with Gasteiger partial charge < -0.3 is 15.7 Å². The Balaban J connectivity index is 1.73. The molecule has 1 amide bonds. The summed E-state index contributed by atoms with van der Waals surface area (Å²) < 4.78 is 37.6. The molecular weight excluding hydrogens is 371 g/mol. The molecule has 1 aromatic carbocycles. The molecule has 0 atom stereocenters. The van der Waals surface area contributed by atoms with E-state index >= 15 is 0 Å². The van der Waals surface area contributed by atoms with Gasteiger partial charge in [0.1, 0.15) is 11.6 Å². The molecular formula is C17H17ClF3N3O2. The number of carbonyl (C=O) groups is 1. The Morgan fingerprint density at radius 2 is 2.00 bits per heavy atom. The molecule has 2 rings (SSSR count). The molecule has 2 aromatic rings. The minimum absolute atomic E-state index is 0.0900. The van der Waals surface area contributed by atoms with Crippen LogP contribution in [0.3, 0.4) is 0 Å². The fourth-order valence-electron chi connectivity index (χ4n) is 2.16. The normalized spacial score (nSPS) is 11.2. The number of rotatable bonds is 7. The summed E-state index contributed by atoms with van der Waals surface area (Å²) in [7, 11) is 0. The Bertz CT molecular complexity index is 769. The number of halogens is 4. The van der Waals surface area contributed by atoms with E-state index in [2.05, 4.69) is 15.6 Å². The summed E-state index contributed by atoms with van der Waals surface area (Å²) in [4.78, 5) is 15.4. The van der Waals surface area contributed by atoms with Crippen molar-refractivity contribution >= 4 is 23.3 Å². The number of pyridine rings is 1. The van der Waals surface area contributed by atoms with Crippen LogP contribution < -0.4 is 10.6 Å². The van der Waals surface area contributed by atoms with Gasteiger partial charge in [-0.15, -0.1) is 0 Å². The SMILES string of the molecule is O=C(CCNc1ncc(C(F)(F)F)cc1Cl)NCCc1cccc(O)c1. The first kappa shape index (κ1) is 19.8. The van der Waals surface area contributed by atoms with Crippen molar-refractivity contribution in [1.82, 2.24) is 10.3 Å². The summed E-state index contributed by atoms with van der Waals surface area (Å²) in [6.07, 6.45) is -3.15. The second kappa shape index (κ2) is 8.75. The maximum Gasteiger partial charge on any atom is 0.417 e. The average Bonchev–Trinajstić information content (AvgIpc) is 2.55. The molecule has 0 aliphatic heterocycles. The van der Waals surface area contributed by atoms with Crippen LogP contribution in [-0.4, -0.2) is 29.1 Å². The quantitative estimate of drug-likeness (QED) is 0.678. The summed E-state index contributed by atoms with van der Waals surface area (Å²) in [6, 6.07) is 7.52. The van der Waals surface area contributed by atoms with Crippen LogP contribution in [0, 0.1) is 0 Å². The molecule has 140 valence electrons. The zero-order valence-electron chi connectivity index (χ0n) is 13.6. The minimum Gasteiger partial charge on any atom is -0.508 e. The number of hydrogen-bond donors (Lipinski definition) is 3. The molecule has 0 saturated carbocycles. The molecule has 0 fully saturated rings.